The molecule has 0 bridgehead atoms. The molecule has 2 amide bonds. The summed E-state index contributed by atoms with van der Waals surface area (Å²) in [6.45, 7) is 3.02. The maximum atomic E-state index is 12.8. The molecule has 1 aromatic heterocycles. The van der Waals surface area contributed by atoms with Crippen molar-refractivity contribution in [3.8, 4) is 5.88 Å². The van der Waals surface area contributed by atoms with E-state index in [4.69, 9.17) is 0 Å². The van der Waals surface area contributed by atoms with Gasteiger partial charge in [-0.1, -0.05) is 55.5 Å². The maximum absolute atomic E-state index is 12.8. The minimum Gasteiger partial charge on any atom is -0.493 e. The molecule has 2 aromatic carbocycles. The molecule has 7 heteroatoms. The highest BCUT2D eigenvalue weighted by Crippen LogP contribution is 2.39. The number of aromatic nitrogens is 1. The van der Waals surface area contributed by atoms with E-state index in [0.717, 1.165) is 17.5 Å². The molecule has 0 unspecified atom stereocenters. The Morgan fingerprint density at radius 3 is 2.66 bits per heavy atom. The Balaban J connectivity index is 1.66. The highest BCUT2D eigenvalue weighted by Gasteiger charge is 2.41. The van der Waals surface area contributed by atoms with Crippen molar-refractivity contribution in [2.75, 3.05) is 6.54 Å². The highest BCUT2D eigenvalue weighted by molar-refractivity contribution is 6.03. The quantitative estimate of drug-likeness (QED) is 0.511. The Kier molecular flexibility index (Phi) is 5.12. The number of carbonyl (C=O) groups excluding carboxylic acids is 2. The maximum Gasteiger partial charge on any atom is 0.277 e. The smallest absolute Gasteiger partial charge is 0.277 e. The van der Waals surface area contributed by atoms with Gasteiger partial charge in [0.15, 0.2) is 5.69 Å². The number of aromatic hydroxyl groups is 1. The van der Waals surface area contributed by atoms with E-state index in [1.807, 2.05) is 61.5 Å². The Morgan fingerprint density at radius 1 is 1.17 bits per heavy atom. The van der Waals surface area contributed by atoms with Gasteiger partial charge in [0, 0.05) is 24.4 Å². The van der Waals surface area contributed by atoms with Crippen molar-refractivity contribution in [3.63, 3.8) is 0 Å². The number of para-hydroxylation sites is 1. The molecular formula is C22H22N4O3. The van der Waals surface area contributed by atoms with Gasteiger partial charge >= 0.3 is 0 Å². The first-order valence-corrected chi connectivity index (χ1v) is 9.70. The minimum atomic E-state index is -0.924. The van der Waals surface area contributed by atoms with Crippen LogP contribution in [-0.2, 0) is 16.1 Å². The molecule has 7 nitrogen and oxygen atoms in total. The fourth-order valence-electron chi connectivity index (χ4n) is 3.90. The fraction of sp³-hybridized carbons (Fsp3) is 0.273. The van der Waals surface area contributed by atoms with Gasteiger partial charge < -0.3 is 15.0 Å². The highest BCUT2D eigenvalue weighted by atomic mass is 16.3. The molecule has 1 aliphatic heterocycles. The summed E-state index contributed by atoms with van der Waals surface area (Å²) >= 11 is 0. The van der Waals surface area contributed by atoms with Crippen LogP contribution in [0, 0.1) is 5.92 Å². The molecule has 0 radical (unpaired) electrons. The van der Waals surface area contributed by atoms with E-state index in [-0.39, 0.29) is 23.4 Å². The first kappa shape index (κ1) is 18.9. The molecule has 0 spiro atoms. The summed E-state index contributed by atoms with van der Waals surface area (Å²) in [5, 5.41) is 22.0. The van der Waals surface area contributed by atoms with Crippen LogP contribution < -0.4 is 5.32 Å². The second-order valence-electron chi connectivity index (χ2n) is 7.12. The van der Waals surface area contributed by atoms with Gasteiger partial charge in [0.2, 0.25) is 11.8 Å². The number of hydrogen-bond donors (Lipinski definition) is 2. The van der Waals surface area contributed by atoms with Gasteiger partial charge in [0.25, 0.3) is 5.91 Å². The zero-order valence-electron chi connectivity index (χ0n) is 16.1. The molecule has 4 rings (SSSR count). The number of aryl methyl sites for hydroxylation is 1. The zero-order chi connectivity index (χ0) is 20.4. The van der Waals surface area contributed by atoms with E-state index >= 15 is 0 Å². The topological polar surface area (TPSA) is 96.0 Å². The van der Waals surface area contributed by atoms with Gasteiger partial charge in [-0.2, -0.15) is 0 Å². The van der Waals surface area contributed by atoms with Crippen LogP contribution in [0.2, 0.25) is 0 Å². The van der Waals surface area contributed by atoms with Gasteiger partial charge in [-0.25, -0.2) is 0 Å². The molecule has 2 N–H and O–H groups in total. The SMILES string of the molecule is CCCn1c(O)c(N=NC(=O)[C@@H]2C(=O)NC[C@H]2c2ccccc2)c2ccccc21. The first-order chi connectivity index (χ1) is 14.1. The van der Waals surface area contributed by atoms with Gasteiger partial charge in [0.1, 0.15) is 5.92 Å². The molecule has 1 saturated heterocycles. The van der Waals surface area contributed by atoms with E-state index in [1.165, 1.54) is 0 Å². The van der Waals surface area contributed by atoms with Crippen molar-refractivity contribution in [2.45, 2.75) is 25.8 Å². The third-order valence-corrected chi connectivity index (χ3v) is 5.29. The van der Waals surface area contributed by atoms with E-state index in [1.54, 1.807) is 4.57 Å². The van der Waals surface area contributed by atoms with Crippen LogP contribution in [0.3, 0.4) is 0 Å². The first-order valence-electron chi connectivity index (χ1n) is 9.70. The summed E-state index contributed by atoms with van der Waals surface area (Å²) in [7, 11) is 0. The molecule has 1 aliphatic rings. The van der Waals surface area contributed by atoms with Gasteiger partial charge in [-0.15, -0.1) is 10.2 Å². The van der Waals surface area contributed by atoms with E-state index in [2.05, 4.69) is 15.5 Å². The number of hydrogen-bond acceptors (Lipinski definition) is 4. The molecule has 2 heterocycles. The fourth-order valence-corrected chi connectivity index (χ4v) is 3.90. The molecule has 0 saturated carbocycles. The number of azo groups is 1. The summed E-state index contributed by atoms with van der Waals surface area (Å²) in [4.78, 5) is 25.1. The van der Waals surface area contributed by atoms with E-state index < -0.39 is 11.8 Å². The molecule has 29 heavy (non-hydrogen) atoms. The van der Waals surface area contributed by atoms with Gasteiger partial charge in [0.05, 0.1) is 5.52 Å². The standard InChI is InChI=1S/C22H22N4O3/c1-2-12-26-17-11-7-6-10-15(17)19(22(26)29)24-25-21(28)18-16(13-23-20(18)27)14-8-4-3-5-9-14/h3-11,16,18,29H,2,12-13H2,1H3,(H,23,27)/t16-,18-/m0/s1. The summed E-state index contributed by atoms with van der Waals surface area (Å²) in [6.07, 6.45) is 0.836. The van der Waals surface area contributed by atoms with Crippen molar-refractivity contribution in [1.82, 2.24) is 9.88 Å². The lowest BCUT2D eigenvalue weighted by atomic mass is 9.88. The van der Waals surface area contributed by atoms with Crippen LogP contribution >= 0.6 is 0 Å². The van der Waals surface area contributed by atoms with Crippen LogP contribution in [0.15, 0.2) is 64.8 Å². The van der Waals surface area contributed by atoms with Crippen molar-refractivity contribution >= 4 is 28.4 Å². The van der Waals surface area contributed by atoms with Crippen molar-refractivity contribution in [2.24, 2.45) is 16.1 Å². The van der Waals surface area contributed by atoms with Crippen LogP contribution in [0.4, 0.5) is 5.69 Å². The summed E-state index contributed by atoms with van der Waals surface area (Å²) in [5.41, 5.74) is 1.98. The van der Waals surface area contributed by atoms with Gasteiger partial charge in [-0.05, 0) is 18.1 Å². The monoisotopic (exact) mass is 390 g/mol. The number of rotatable bonds is 5. The lowest BCUT2D eigenvalue weighted by molar-refractivity contribution is -0.131. The Morgan fingerprint density at radius 2 is 1.90 bits per heavy atom. The second-order valence-corrected chi connectivity index (χ2v) is 7.12. The molecule has 1 fully saturated rings. The number of nitrogens with zero attached hydrogens (tertiary/aromatic N) is 3. The predicted molar refractivity (Wildman–Crippen MR) is 109 cm³/mol. The Hall–Kier alpha value is -3.48. The van der Waals surface area contributed by atoms with E-state index in [0.29, 0.717) is 18.5 Å². The third kappa shape index (κ3) is 3.40. The predicted octanol–water partition coefficient (Wildman–Crippen LogP) is 3.90. The van der Waals surface area contributed by atoms with Gasteiger partial charge in [-0.3, -0.25) is 9.59 Å². The lowest BCUT2D eigenvalue weighted by Crippen LogP contribution is -2.25. The van der Waals surface area contributed by atoms with Crippen LogP contribution in [-0.4, -0.2) is 28.0 Å². The van der Waals surface area contributed by atoms with Crippen molar-refractivity contribution < 1.29 is 14.7 Å². The Bertz CT molecular complexity index is 1090. The number of benzene rings is 2. The van der Waals surface area contributed by atoms with Crippen molar-refractivity contribution in [1.29, 1.82) is 0 Å². The number of amides is 2. The normalized spacial score (nSPS) is 19.1. The number of fused-ring (bicyclic) bond motifs is 1. The molecular weight excluding hydrogens is 368 g/mol. The van der Waals surface area contributed by atoms with Crippen LogP contribution in [0.1, 0.15) is 24.8 Å². The summed E-state index contributed by atoms with van der Waals surface area (Å²) < 4.78 is 1.75. The third-order valence-electron chi connectivity index (χ3n) is 5.29. The summed E-state index contributed by atoms with van der Waals surface area (Å²) in [6, 6.07) is 16.9. The minimum absolute atomic E-state index is 0.0277. The van der Waals surface area contributed by atoms with Crippen LogP contribution in [0.25, 0.3) is 10.9 Å². The second kappa shape index (κ2) is 7.87. The number of carbonyl (C=O) groups is 2. The molecule has 3 aromatic rings. The summed E-state index contributed by atoms with van der Waals surface area (Å²) in [5.74, 6) is -2.20. The average Bonchev–Trinajstić information content (AvgIpc) is 3.25. The molecule has 148 valence electrons. The van der Waals surface area contributed by atoms with Crippen molar-refractivity contribution in [3.05, 3.63) is 60.2 Å². The van der Waals surface area contributed by atoms with E-state index in [9.17, 15) is 14.7 Å². The molecule has 0 aliphatic carbocycles. The molecule has 2 atom stereocenters. The van der Waals surface area contributed by atoms with Crippen LogP contribution in [0.5, 0.6) is 5.88 Å². The number of nitrogens with one attached hydrogen (secondary N) is 1. The lowest BCUT2D eigenvalue weighted by Gasteiger charge is -2.13. The Labute approximate surface area is 168 Å². The zero-order valence-corrected chi connectivity index (χ0v) is 16.1. The largest absolute Gasteiger partial charge is 0.493 e. The average molecular weight is 390 g/mol.